The molecule has 2 saturated carbocycles. The van der Waals surface area contributed by atoms with Gasteiger partial charge in [0.1, 0.15) is 0 Å². The second-order valence-electron chi connectivity index (χ2n) is 7.58. The van der Waals surface area contributed by atoms with E-state index in [-0.39, 0.29) is 23.3 Å². The van der Waals surface area contributed by atoms with Crippen LogP contribution in [-0.4, -0.2) is 47.4 Å². The zero-order valence-corrected chi connectivity index (χ0v) is 14.0. The van der Waals surface area contributed by atoms with E-state index in [2.05, 4.69) is 15.2 Å². The number of rotatable bonds is 5. The number of oxazole rings is 1. The minimum absolute atomic E-state index is 0.145. The third kappa shape index (κ3) is 2.92. The number of nitrogens with one attached hydrogen (secondary N) is 1. The molecule has 130 valence electrons. The van der Waals surface area contributed by atoms with Gasteiger partial charge < -0.3 is 15.5 Å². The monoisotopic (exact) mass is 332 g/mol. The Hall–Kier alpha value is -1.89. The molecule has 2 heterocycles. The number of carbonyl (C=O) groups excluding carboxylic acids is 2. The number of hydrogen-bond acceptors (Lipinski definition) is 5. The van der Waals surface area contributed by atoms with Gasteiger partial charge in [0.15, 0.2) is 5.89 Å². The second kappa shape index (κ2) is 5.58. The van der Waals surface area contributed by atoms with Gasteiger partial charge in [0.25, 0.3) is 5.91 Å². The molecule has 1 atom stereocenters. The highest BCUT2D eigenvalue weighted by molar-refractivity contribution is 5.93. The van der Waals surface area contributed by atoms with Crippen LogP contribution < -0.4 is 11.1 Å². The third-order valence-electron chi connectivity index (χ3n) is 5.67. The van der Waals surface area contributed by atoms with E-state index in [0.717, 1.165) is 45.2 Å². The van der Waals surface area contributed by atoms with Crippen LogP contribution >= 0.6 is 0 Å². The molecule has 1 aromatic rings. The fourth-order valence-corrected chi connectivity index (χ4v) is 3.84. The number of likely N-dealkylation sites (tertiary alicyclic amines) is 1. The van der Waals surface area contributed by atoms with Gasteiger partial charge in [-0.3, -0.25) is 14.5 Å². The predicted molar refractivity (Wildman–Crippen MR) is 86.4 cm³/mol. The number of primary amides is 1. The Kier molecular flexibility index (Phi) is 3.63. The summed E-state index contributed by atoms with van der Waals surface area (Å²) in [5.41, 5.74) is 6.12. The quantitative estimate of drug-likeness (QED) is 0.835. The molecule has 2 aliphatic carbocycles. The minimum Gasteiger partial charge on any atom is -0.435 e. The van der Waals surface area contributed by atoms with Crippen molar-refractivity contribution in [1.29, 1.82) is 0 Å². The highest BCUT2D eigenvalue weighted by Crippen LogP contribution is 2.54. The smallest absolute Gasteiger partial charge is 0.289 e. The first-order chi connectivity index (χ1) is 11.5. The Bertz CT molecular complexity index is 671. The molecule has 0 radical (unpaired) electrons. The number of aromatic nitrogens is 1. The molecule has 1 unspecified atom stereocenters. The maximum atomic E-state index is 12.5. The molecule has 0 aromatic carbocycles. The van der Waals surface area contributed by atoms with Crippen molar-refractivity contribution in [2.45, 2.75) is 51.0 Å². The van der Waals surface area contributed by atoms with Crippen LogP contribution in [0, 0.1) is 12.3 Å². The summed E-state index contributed by atoms with van der Waals surface area (Å²) in [4.78, 5) is 30.0. The molecule has 7 heteroatoms. The van der Waals surface area contributed by atoms with E-state index < -0.39 is 0 Å². The van der Waals surface area contributed by atoms with Gasteiger partial charge in [-0.25, -0.2) is 4.98 Å². The van der Waals surface area contributed by atoms with E-state index in [1.54, 1.807) is 0 Å². The Labute approximate surface area is 141 Å². The molecule has 3 N–H and O–H groups in total. The lowest BCUT2D eigenvalue weighted by Gasteiger charge is -2.31. The molecule has 24 heavy (non-hydrogen) atoms. The summed E-state index contributed by atoms with van der Waals surface area (Å²) in [6, 6.07) is 0.203. The lowest BCUT2D eigenvalue weighted by atomic mass is 9.92. The van der Waals surface area contributed by atoms with Crippen molar-refractivity contribution in [2.75, 3.05) is 19.6 Å². The van der Waals surface area contributed by atoms with Crippen molar-refractivity contribution in [3.63, 3.8) is 0 Å². The highest BCUT2D eigenvalue weighted by Gasteiger charge is 2.55. The minimum atomic E-state index is -0.279. The van der Waals surface area contributed by atoms with Gasteiger partial charge >= 0.3 is 0 Å². The van der Waals surface area contributed by atoms with Gasteiger partial charge in [0, 0.05) is 12.0 Å². The summed E-state index contributed by atoms with van der Waals surface area (Å²) in [7, 11) is 0. The van der Waals surface area contributed by atoms with Crippen molar-refractivity contribution in [1.82, 2.24) is 15.2 Å². The van der Waals surface area contributed by atoms with Crippen LogP contribution in [-0.2, 0) is 4.79 Å². The lowest BCUT2D eigenvalue weighted by molar-refractivity contribution is -0.119. The molecule has 1 spiro atoms. The van der Waals surface area contributed by atoms with Gasteiger partial charge in [-0.1, -0.05) is 0 Å². The second-order valence-corrected chi connectivity index (χ2v) is 7.58. The molecule has 1 aliphatic heterocycles. The molecule has 1 aromatic heterocycles. The van der Waals surface area contributed by atoms with Gasteiger partial charge in [-0.05, 0) is 57.5 Å². The van der Waals surface area contributed by atoms with Crippen molar-refractivity contribution in [3.05, 3.63) is 17.3 Å². The number of hydrogen-bond donors (Lipinski definition) is 2. The van der Waals surface area contributed by atoms with Crippen molar-refractivity contribution in [3.8, 4) is 0 Å². The van der Waals surface area contributed by atoms with Gasteiger partial charge in [-0.2, -0.15) is 0 Å². The van der Waals surface area contributed by atoms with Crippen molar-refractivity contribution < 1.29 is 14.0 Å². The van der Waals surface area contributed by atoms with Gasteiger partial charge in [0.2, 0.25) is 11.7 Å². The molecule has 3 aliphatic rings. The summed E-state index contributed by atoms with van der Waals surface area (Å²) >= 11 is 0. The van der Waals surface area contributed by atoms with E-state index in [9.17, 15) is 9.59 Å². The summed E-state index contributed by atoms with van der Waals surface area (Å²) in [6.07, 6.45) is 5.21. The topological polar surface area (TPSA) is 101 Å². The summed E-state index contributed by atoms with van der Waals surface area (Å²) < 4.78 is 5.68. The maximum Gasteiger partial charge on any atom is 0.289 e. The molecule has 3 fully saturated rings. The normalized spacial score (nSPS) is 25.6. The van der Waals surface area contributed by atoms with E-state index in [0.29, 0.717) is 29.8 Å². The molecular formula is C17H24N4O3. The first-order valence-corrected chi connectivity index (χ1v) is 8.76. The number of nitrogens with zero attached hydrogens (tertiary/aromatic N) is 2. The Morgan fingerprint density at radius 3 is 2.71 bits per heavy atom. The average Bonchev–Trinajstić information content (AvgIpc) is 3.43. The fourth-order valence-electron chi connectivity index (χ4n) is 3.84. The molecule has 2 amide bonds. The lowest BCUT2D eigenvalue weighted by Crippen LogP contribution is -2.42. The van der Waals surface area contributed by atoms with E-state index in [4.69, 9.17) is 10.2 Å². The van der Waals surface area contributed by atoms with Crippen molar-refractivity contribution >= 4 is 11.8 Å². The Morgan fingerprint density at radius 1 is 1.38 bits per heavy atom. The number of aryl methyl sites for hydroxylation is 1. The van der Waals surface area contributed by atoms with Crippen LogP contribution in [0.5, 0.6) is 0 Å². The first kappa shape index (κ1) is 15.6. The van der Waals surface area contributed by atoms with Gasteiger partial charge in [0.05, 0.1) is 12.2 Å². The van der Waals surface area contributed by atoms with E-state index in [1.165, 1.54) is 0 Å². The summed E-state index contributed by atoms with van der Waals surface area (Å²) in [5.74, 6) is 1.06. The number of piperidine rings is 1. The van der Waals surface area contributed by atoms with E-state index in [1.807, 2.05) is 6.92 Å². The zero-order valence-electron chi connectivity index (χ0n) is 14.0. The Balaban J connectivity index is 1.33. The largest absolute Gasteiger partial charge is 0.435 e. The number of carbonyl (C=O) groups is 2. The average molecular weight is 332 g/mol. The van der Waals surface area contributed by atoms with Crippen LogP contribution in [0.15, 0.2) is 4.42 Å². The zero-order chi connectivity index (χ0) is 16.9. The number of nitrogens with two attached hydrogens (primary N) is 1. The summed E-state index contributed by atoms with van der Waals surface area (Å²) in [6.45, 7) is 3.88. The van der Waals surface area contributed by atoms with Crippen LogP contribution in [0.2, 0.25) is 0 Å². The molecule has 0 bridgehead atoms. The third-order valence-corrected chi connectivity index (χ3v) is 5.67. The Morgan fingerprint density at radius 2 is 2.08 bits per heavy atom. The first-order valence-electron chi connectivity index (χ1n) is 8.76. The van der Waals surface area contributed by atoms with Crippen LogP contribution in [0.1, 0.15) is 60.2 Å². The number of amides is 2. The molecule has 1 saturated heterocycles. The van der Waals surface area contributed by atoms with Crippen LogP contribution in [0.4, 0.5) is 0 Å². The highest BCUT2D eigenvalue weighted by atomic mass is 16.4. The molecule has 4 rings (SSSR count). The molecule has 7 nitrogen and oxygen atoms in total. The van der Waals surface area contributed by atoms with Crippen molar-refractivity contribution in [2.24, 2.45) is 11.1 Å². The fraction of sp³-hybridized carbons (Fsp3) is 0.706. The summed E-state index contributed by atoms with van der Waals surface area (Å²) in [5, 5.41) is 3.12. The van der Waals surface area contributed by atoms with Crippen LogP contribution in [0.25, 0.3) is 0 Å². The molecular weight excluding hydrogens is 308 g/mol. The van der Waals surface area contributed by atoms with Crippen LogP contribution in [0.3, 0.4) is 0 Å². The SMILES string of the molecule is Cc1nc(C2CC2)oc1C(=O)NC1CC12CCN(CC(N)=O)CC2. The van der Waals surface area contributed by atoms with Gasteiger partial charge in [-0.15, -0.1) is 0 Å². The maximum absolute atomic E-state index is 12.5. The van der Waals surface area contributed by atoms with E-state index >= 15 is 0 Å². The predicted octanol–water partition coefficient (Wildman–Crippen LogP) is 0.930. The standard InChI is InChI=1S/C17H24N4O3/c1-10-14(24-16(19-10)11-2-3-11)15(23)20-12-8-17(12)4-6-21(7-5-17)9-13(18)22/h11-12H,2-9H2,1H3,(H2,18,22)(H,20,23).